The quantitative estimate of drug-likeness (QED) is 0.275. The predicted octanol–water partition coefficient (Wildman–Crippen LogP) is 7.11. The molecule has 2 amide bonds. The molecule has 1 N–H and O–H groups in total. The summed E-state index contributed by atoms with van der Waals surface area (Å²) in [5.74, 6) is -0.331. The van der Waals surface area contributed by atoms with E-state index in [2.05, 4.69) is 19.1 Å². The number of hydrogen-bond donors (Lipinski definition) is 1. The Bertz CT molecular complexity index is 2050. The Labute approximate surface area is 329 Å². The maximum Gasteiger partial charge on any atom is 0.287 e. The first-order chi connectivity index (χ1) is 26.4. The van der Waals surface area contributed by atoms with Gasteiger partial charge in [-0.3, -0.25) is 19.0 Å². The Morgan fingerprint density at radius 2 is 1.93 bits per heavy atom. The van der Waals surface area contributed by atoms with Crippen LogP contribution in [0.2, 0.25) is 5.02 Å². The third kappa shape index (κ3) is 9.12. The van der Waals surface area contributed by atoms with E-state index in [1.807, 2.05) is 30.4 Å². The molecule has 296 valence electrons. The van der Waals surface area contributed by atoms with Crippen LogP contribution in [0.15, 0.2) is 64.0 Å². The molecule has 2 fully saturated rings. The van der Waals surface area contributed by atoms with Gasteiger partial charge in [-0.05, 0) is 125 Å². The average Bonchev–Trinajstić information content (AvgIpc) is 3.48. The zero-order valence-electron chi connectivity index (χ0n) is 32.1. The number of benzene rings is 2. The molecule has 55 heavy (non-hydrogen) atoms. The summed E-state index contributed by atoms with van der Waals surface area (Å²) >= 11 is 6.42. The van der Waals surface area contributed by atoms with Gasteiger partial charge in [0.05, 0.1) is 34.6 Å². The number of carbonyl (C=O) groups excluding carboxylic acids is 2. The Kier molecular flexibility index (Phi) is 12.0. The maximum absolute atomic E-state index is 15.2. The minimum Gasteiger partial charge on any atom is -0.487 e. The van der Waals surface area contributed by atoms with Gasteiger partial charge < -0.3 is 23.8 Å². The number of carbonyl (C=O) groups is 2. The molecule has 1 aromatic heterocycles. The lowest BCUT2D eigenvalue weighted by Crippen LogP contribution is -2.45. The molecule has 0 spiro atoms. The molecule has 3 aliphatic heterocycles. The lowest BCUT2D eigenvalue weighted by molar-refractivity contribution is -0.197. The highest BCUT2D eigenvalue weighted by atomic mass is 35.5. The Hall–Kier alpha value is -3.75. The number of nitrogens with one attached hydrogen (secondary N) is 1. The van der Waals surface area contributed by atoms with Gasteiger partial charge in [0.25, 0.3) is 11.8 Å². The van der Waals surface area contributed by atoms with E-state index in [0.717, 1.165) is 62.5 Å². The first-order valence-corrected chi connectivity index (χ1v) is 21.3. The van der Waals surface area contributed by atoms with Crippen LogP contribution in [-0.2, 0) is 49.0 Å². The second-order valence-corrected chi connectivity index (χ2v) is 17.9. The molecule has 4 aliphatic rings. The molecule has 2 aromatic carbocycles. The number of hydrogen-bond acceptors (Lipinski definition) is 9. The molecule has 5 atom stereocenters. The number of ether oxygens (including phenoxy) is 4. The van der Waals surface area contributed by atoms with Crippen LogP contribution in [0, 0.1) is 18.8 Å². The number of amides is 2. The van der Waals surface area contributed by atoms with E-state index in [1.165, 1.54) is 4.68 Å². The third-order valence-electron chi connectivity index (χ3n) is 11.1. The molecular weight excluding hydrogens is 742 g/mol. The number of nitrogens with zero attached hydrogens (tertiary/aromatic N) is 4. The fourth-order valence-electron chi connectivity index (χ4n) is 7.78. The fraction of sp³-hybridized carbons (Fsp3) is 0.537. The number of rotatable bonds is 4. The summed E-state index contributed by atoms with van der Waals surface area (Å²) in [7, 11) is -2.22. The summed E-state index contributed by atoms with van der Waals surface area (Å²) in [4.78, 5) is 30.2. The molecule has 3 aromatic rings. The lowest BCUT2D eigenvalue weighted by Gasteiger charge is -2.45. The van der Waals surface area contributed by atoms with Gasteiger partial charge in [-0.25, -0.2) is 4.21 Å². The van der Waals surface area contributed by atoms with Crippen molar-refractivity contribution >= 4 is 39.0 Å². The first kappa shape index (κ1) is 39.5. The summed E-state index contributed by atoms with van der Waals surface area (Å²) in [6, 6.07) is 11.1. The van der Waals surface area contributed by atoms with Crippen LogP contribution >= 0.6 is 11.6 Å². The van der Waals surface area contributed by atoms with Gasteiger partial charge in [0.1, 0.15) is 18.0 Å². The van der Waals surface area contributed by atoms with Crippen LogP contribution in [0.25, 0.3) is 0 Å². The van der Waals surface area contributed by atoms with Crippen molar-refractivity contribution in [3.8, 4) is 5.75 Å². The van der Waals surface area contributed by atoms with Gasteiger partial charge in [0, 0.05) is 38.0 Å². The van der Waals surface area contributed by atoms with Crippen molar-refractivity contribution in [1.29, 1.82) is 0 Å². The standard InChI is InChI=1S/C41H52ClN5O7S/c1-27-34(25-46(4)43-27)39(48)44-55(50)32-16-18-37-35(23-32)47(19-7-5-10-28-22-31(42)15-13-30(28)26-52-37)24-29-14-17-33(29)36(54-38-12-6-8-20-51-38)11-9-21-53-41(2,3)40(49)45-55/h9,11,13,15-16,18,22-23,25,29,33,36,38H,5-8,10,12,14,17,19-21,24,26H2,1-4H3,(H,44,45,48,49,50)/b11-9+/t29-,33+,36-,38?,55?/m0/s1. The van der Waals surface area contributed by atoms with E-state index in [1.54, 1.807) is 52.2 Å². The van der Waals surface area contributed by atoms with Crippen LogP contribution < -0.4 is 14.4 Å². The van der Waals surface area contributed by atoms with Crippen LogP contribution in [-0.4, -0.2) is 70.1 Å². The molecule has 4 heterocycles. The Balaban J connectivity index is 1.33. The normalized spacial score (nSPS) is 27.9. The monoisotopic (exact) mass is 793 g/mol. The molecule has 1 aliphatic carbocycles. The van der Waals surface area contributed by atoms with Crippen LogP contribution in [0.3, 0.4) is 0 Å². The van der Waals surface area contributed by atoms with Gasteiger partial charge in [0.2, 0.25) is 0 Å². The second kappa shape index (κ2) is 16.8. The van der Waals surface area contributed by atoms with Gasteiger partial charge >= 0.3 is 0 Å². The number of aromatic nitrogens is 2. The summed E-state index contributed by atoms with van der Waals surface area (Å²) < 4.78 is 49.0. The molecule has 2 bridgehead atoms. The molecule has 0 radical (unpaired) electrons. The maximum atomic E-state index is 15.2. The van der Waals surface area contributed by atoms with Gasteiger partial charge in [-0.1, -0.05) is 29.8 Å². The summed E-state index contributed by atoms with van der Waals surface area (Å²) in [5, 5.41) is 4.97. The zero-order chi connectivity index (χ0) is 38.7. The topological polar surface area (TPSA) is 134 Å². The molecule has 2 unspecified atom stereocenters. The summed E-state index contributed by atoms with van der Waals surface area (Å²) in [5.41, 5.74) is 2.13. The largest absolute Gasteiger partial charge is 0.487 e. The summed E-state index contributed by atoms with van der Waals surface area (Å²) in [6.45, 7) is 7.37. The van der Waals surface area contributed by atoms with Gasteiger partial charge in [0.15, 0.2) is 16.2 Å². The second-order valence-electron chi connectivity index (χ2n) is 15.5. The minimum atomic E-state index is -3.92. The number of fused-ring (bicyclic) bond motifs is 3. The first-order valence-electron chi connectivity index (χ1n) is 19.4. The van der Waals surface area contributed by atoms with E-state index >= 15 is 4.21 Å². The Morgan fingerprint density at radius 1 is 1.07 bits per heavy atom. The molecule has 12 nitrogen and oxygen atoms in total. The number of halogens is 1. The van der Waals surface area contributed by atoms with Crippen LogP contribution in [0.4, 0.5) is 5.69 Å². The number of aryl methyl sites for hydroxylation is 3. The van der Waals surface area contributed by atoms with Gasteiger partial charge in [-0.15, -0.1) is 4.36 Å². The van der Waals surface area contributed by atoms with Crippen molar-refractivity contribution in [3.63, 3.8) is 0 Å². The highest BCUT2D eigenvalue weighted by molar-refractivity contribution is 7.92. The minimum absolute atomic E-state index is 0.107. The third-order valence-corrected chi connectivity index (χ3v) is 13.2. The fourth-order valence-corrected chi connectivity index (χ4v) is 9.58. The molecule has 1 saturated heterocycles. The van der Waals surface area contributed by atoms with E-state index in [9.17, 15) is 9.59 Å². The molecule has 7 rings (SSSR count). The van der Waals surface area contributed by atoms with E-state index in [4.69, 9.17) is 30.5 Å². The SMILES string of the molecule is Cc1nn(C)cc1C(=O)NS1(=O)=NC(=O)C(C)(C)OC/C=C/[C@H](OC2CCCCO2)[C@@H]2CC[C@H]2CN2CCCCc3cc(Cl)ccc3COc3ccc1cc32. The van der Waals surface area contributed by atoms with E-state index in [-0.39, 0.29) is 41.3 Å². The van der Waals surface area contributed by atoms with Crippen LogP contribution in [0.5, 0.6) is 5.75 Å². The van der Waals surface area contributed by atoms with Crippen molar-refractivity contribution in [1.82, 2.24) is 14.5 Å². The smallest absolute Gasteiger partial charge is 0.287 e. The van der Waals surface area contributed by atoms with Gasteiger partial charge in [-0.2, -0.15) is 5.10 Å². The van der Waals surface area contributed by atoms with Crippen molar-refractivity contribution < 1.29 is 32.7 Å². The van der Waals surface area contributed by atoms with Crippen molar-refractivity contribution in [2.45, 2.75) is 102 Å². The number of anilines is 1. The van der Waals surface area contributed by atoms with Crippen LogP contribution in [0.1, 0.15) is 86.0 Å². The average molecular weight is 794 g/mol. The lowest BCUT2D eigenvalue weighted by atomic mass is 9.70. The van der Waals surface area contributed by atoms with E-state index < -0.39 is 27.3 Å². The van der Waals surface area contributed by atoms with Crippen molar-refractivity contribution in [2.24, 2.45) is 23.2 Å². The highest BCUT2D eigenvalue weighted by Gasteiger charge is 2.40. The molecule has 1 saturated carbocycles. The Morgan fingerprint density at radius 3 is 2.67 bits per heavy atom. The van der Waals surface area contributed by atoms with E-state index in [0.29, 0.717) is 48.5 Å². The zero-order valence-corrected chi connectivity index (χ0v) is 33.7. The van der Waals surface area contributed by atoms with Crippen molar-refractivity contribution in [2.75, 3.05) is 31.2 Å². The summed E-state index contributed by atoms with van der Waals surface area (Å²) in [6.07, 6.45) is 12.6. The molecule has 14 heteroatoms. The molecular formula is C41H52ClN5O7S. The van der Waals surface area contributed by atoms with Crippen molar-refractivity contribution in [3.05, 3.63) is 82.2 Å². The predicted molar refractivity (Wildman–Crippen MR) is 210 cm³/mol. The highest BCUT2D eigenvalue weighted by Crippen LogP contribution is 2.43.